The van der Waals surface area contributed by atoms with Crippen LogP contribution in [0, 0.1) is 71.0 Å². The van der Waals surface area contributed by atoms with Crippen molar-refractivity contribution in [3.63, 3.8) is 0 Å². The lowest BCUT2D eigenvalue weighted by Gasteiger charge is -2.21. The number of aliphatic hydroxyl groups excluding tert-OH is 1. The van der Waals surface area contributed by atoms with Crippen LogP contribution >= 0.6 is 0 Å². The van der Waals surface area contributed by atoms with E-state index < -0.39 is 0 Å². The Hall–Kier alpha value is -6.48. The molecule has 2 aromatic heterocycles. The number of allylic oxidation sites excluding steroid dienone is 1. The number of benzene rings is 2. The second-order valence-corrected chi connectivity index (χ2v) is 13.4. The van der Waals surface area contributed by atoms with E-state index in [9.17, 15) is 14.7 Å². The predicted molar refractivity (Wildman–Crippen MR) is 205 cm³/mol. The third-order valence-electron chi connectivity index (χ3n) is 9.98. The van der Waals surface area contributed by atoms with Crippen molar-refractivity contribution in [2.24, 2.45) is 0 Å². The summed E-state index contributed by atoms with van der Waals surface area (Å²) in [5.41, 5.74) is 7.41. The number of unbranched alkanes of at least 4 members (excludes halogenated alkanes) is 2. The molecule has 0 amide bonds. The van der Waals surface area contributed by atoms with Crippen LogP contribution in [-0.2, 0) is 0 Å². The van der Waals surface area contributed by atoms with Crippen LogP contribution in [0.5, 0.6) is 0 Å². The van der Waals surface area contributed by atoms with Crippen molar-refractivity contribution in [3.8, 4) is 47.5 Å². The minimum atomic E-state index is -0.325. The Kier molecular flexibility index (Phi) is 12.8. The normalized spacial score (nSPS) is 17.0. The first-order valence-corrected chi connectivity index (χ1v) is 17.9. The van der Waals surface area contributed by atoms with Crippen molar-refractivity contribution in [2.75, 3.05) is 6.54 Å². The number of hydrogen-bond donors (Lipinski definition) is 1. The molecule has 0 radical (unpaired) electrons. The molecule has 4 aromatic rings. The average Bonchev–Trinajstić information content (AvgIpc) is 3.91. The first-order chi connectivity index (χ1) is 26.1. The fraction of sp³-hybridized carbons (Fsp3) is 0.318. The van der Waals surface area contributed by atoms with Gasteiger partial charge in [-0.2, -0.15) is 21.0 Å². The van der Waals surface area contributed by atoms with E-state index in [-0.39, 0.29) is 23.7 Å². The molecule has 2 fully saturated rings. The smallest absolute Gasteiger partial charge is 0.178 e. The van der Waals surface area contributed by atoms with Crippen LogP contribution in [0.25, 0.3) is 17.5 Å². The highest BCUT2D eigenvalue weighted by atomic mass is 16.3. The van der Waals surface area contributed by atoms with Crippen LogP contribution in [0.4, 0.5) is 0 Å². The molecule has 270 valence electrons. The van der Waals surface area contributed by atoms with E-state index in [1.54, 1.807) is 30.3 Å². The SMILES string of the molecule is CC(=O)c1cc(C#CCCC#N)n(-c2ccc(C#N)cc2)c1C.Cc1c(C(=O)CN2C3CCC2[C@@H](O)C3)cc(/C=C/CCC#N)n1-c1ccc(C#N)cc1. The van der Waals surface area contributed by atoms with Gasteiger partial charge in [0.25, 0.3) is 0 Å². The van der Waals surface area contributed by atoms with Gasteiger partial charge in [-0.25, -0.2) is 0 Å². The lowest BCUT2D eigenvalue weighted by Crippen LogP contribution is -2.36. The molecule has 2 aromatic carbocycles. The summed E-state index contributed by atoms with van der Waals surface area (Å²) in [6.07, 6.45) is 8.29. The lowest BCUT2D eigenvalue weighted by atomic mass is 9.98. The fourth-order valence-electron chi connectivity index (χ4n) is 7.33. The van der Waals surface area contributed by atoms with E-state index in [1.165, 1.54) is 6.92 Å². The third-order valence-corrected chi connectivity index (χ3v) is 9.98. The zero-order valence-corrected chi connectivity index (χ0v) is 30.7. The number of rotatable bonds is 10. The first kappa shape index (κ1) is 38.7. The quantitative estimate of drug-likeness (QED) is 0.102. The van der Waals surface area contributed by atoms with Crippen molar-refractivity contribution >= 4 is 17.6 Å². The summed E-state index contributed by atoms with van der Waals surface area (Å²) in [5, 5.41) is 45.5. The Morgan fingerprint density at radius 2 is 1.43 bits per heavy atom. The van der Waals surface area contributed by atoms with Gasteiger partial charge in [0.05, 0.1) is 53.7 Å². The first-order valence-electron chi connectivity index (χ1n) is 17.9. The van der Waals surface area contributed by atoms with Gasteiger partial charge in [0.1, 0.15) is 0 Å². The summed E-state index contributed by atoms with van der Waals surface area (Å²) in [6, 6.07) is 26.9. The maximum absolute atomic E-state index is 13.3. The van der Waals surface area contributed by atoms with Crippen LogP contribution in [0.15, 0.2) is 66.7 Å². The maximum atomic E-state index is 13.3. The number of nitriles is 4. The Morgan fingerprint density at radius 3 is 1.96 bits per heavy atom. The van der Waals surface area contributed by atoms with Gasteiger partial charge in [0, 0.05) is 70.9 Å². The molecule has 2 aliphatic heterocycles. The minimum Gasteiger partial charge on any atom is -0.391 e. The number of carbonyl (C=O) groups excluding carboxylic acids is 2. The van der Waals surface area contributed by atoms with Crippen molar-refractivity contribution < 1.29 is 14.7 Å². The Morgan fingerprint density at radius 1 is 0.815 bits per heavy atom. The van der Waals surface area contributed by atoms with E-state index in [0.29, 0.717) is 66.2 Å². The van der Waals surface area contributed by atoms with Gasteiger partial charge in [-0.3, -0.25) is 14.5 Å². The van der Waals surface area contributed by atoms with E-state index in [0.717, 1.165) is 47.7 Å². The van der Waals surface area contributed by atoms with Gasteiger partial charge < -0.3 is 14.2 Å². The number of ketones is 2. The van der Waals surface area contributed by atoms with Gasteiger partial charge in [-0.1, -0.05) is 12.0 Å². The number of nitrogens with zero attached hydrogens (tertiary/aromatic N) is 7. The zero-order valence-electron chi connectivity index (χ0n) is 30.7. The summed E-state index contributed by atoms with van der Waals surface area (Å²) in [4.78, 5) is 27.2. The van der Waals surface area contributed by atoms with Crippen molar-refractivity contribution in [1.29, 1.82) is 21.0 Å². The molecule has 10 heteroatoms. The molecule has 1 N–H and O–H groups in total. The van der Waals surface area contributed by atoms with Crippen LogP contribution in [0.1, 0.15) is 106 Å². The lowest BCUT2D eigenvalue weighted by molar-refractivity contribution is 0.0872. The van der Waals surface area contributed by atoms with E-state index in [4.69, 9.17) is 21.0 Å². The van der Waals surface area contributed by atoms with Gasteiger partial charge in [0.15, 0.2) is 11.6 Å². The van der Waals surface area contributed by atoms with Gasteiger partial charge in [-0.05, 0) is 119 Å². The van der Waals surface area contributed by atoms with Crippen molar-refractivity contribution in [1.82, 2.24) is 14.0 Å². The monoisotopic (exact) mass is 715 g/mol. The fourth-order valence-corrected chi connectivity index (χ4v) is 7.33. The summed E-state index contributed by atoms with van der Waals surface area (Å²) in [5.74, 6) is 6.03. The second kappa shape index (κ2) is 17.8. The Bertz CT molecular complexity index is 2290. The molecule has 2 saturated heterocycles. The van der Waals surface area contributed by atoms with Crippen molar-refractivity contribution in [2.45, 2.75) is 83.9 Å². The molecule has 10 nitrogen and oxygen atoms in total. The average molecular weight is 716 g/mol. The van der Waals surface area contributed by atoms with E-state index >= 15 is 0 Å². The number of Topliss-reactive ketones (excluding diaryl/α,β-unsaturated/α-hetero) is 2. The zero-order chi connectivity index (χ0) is 38.8. The molecule has 2 unspecified atom stereocenters. The summed E-state index contributed by atoms with van der Waals surface area (Å²) in [7, 11) is 0. The van der Waals surface area contributed by atoms with Gasteiger partial charge in [0.2, 0.25) is 0 Å². The molecule has 6 rings (SSSR count). The molecule has 54 heavy (non-hydrogen) atoms. The highest BCUT2D eigenvalue weighted by molar-refractivity contribution is 5.99. The molecule has 3 atom stereocenters. The number of hydrogen-bond acceptors (Lipinski definition) is 8. The topological polar surface area (TPSA) is 163 Å². The highest BCUT2D eigenvalue weighted by Crippen LogP contribution is 2.38. The van der Waals surface area contributed by atoms with Crippen LogP contribution in [-0.4, -0.2) is 55.4 Å². The van der Waals surface area contributed by atoms with Crippen molar-refractivity contribution in [3.05, 3.63) is 112 Å². The molecule has 0 spiro atoms. The Balaban J connectivity index is 0.000000218. The molecule has 2 bridgehead atoms. The molecular weight excluding hydrogens is 675 g/mol. The summed E-state index contributed by atoms with van der Waals surface area (Å²) in [6.45, 7) is 5.65. The van der Waals surface area contributed by atoms with Crippen LogP contribution < -0.4 is 0 Å². The Labute approximate surface area is 316 Å². The molecule has 2 aliphatic rings. The standard InChI is InChI=1S/C25H26N4O2.C19H15N3O/c1-17-22(25(31)16-28-20-10-11-23(28)24(30)14-20)13-21(5-3-2-4-12-26)29(17)19-8-6-18(15-27)7-9-19;1-14-19(15(2)23)12-18(6-4-3-5-11-20)22(14)17-9-7-16(13-21)8-10-17/h3,5-9,13,20,23-24,30H,2,4,10-11,14,16H2,1H3;7-10,12H,3,5H2,1-2H3/b5-3+;/t20?,23?,24-;/m0./s1. The van der Waals surface area contributed by atoms with Gasteiger partial charge >= 0.3 is 0 Å². The number of aliphatic hydroxyl groups is 1. The largest absolute Gasteiger partial charge is 0.391 e. The summed E-state index contributed by atoms with van der Waals surface area (Å²) >= 11 is 0. The second-order valence-electron chi connectivity index (χ2n) is 13.4. The van der Waals surface area contributed by atoms with Crippen LogP contribution in [0.3, 0.4) is 0 Å². The van der Waals surface area contributed by atoms with E-state index in [1.807, 2.05) is 65.5 Å². The molecule has 4 heterocycles. The van der Waals surface area contributed by atoms with E-state index in [2.05, 4.69) is 41.0 Å². The maximum Gasteiger partial charge on any atom is 0.178 e. The third kappa shape index (κ3) is 8.58. The molecule has 0 aliphatic carbocycles. The number of aromatic nitrogens is 2. The number of fused-ring (bicyclic) bond motifs is 2. The molecule has 0 saturated carbocycles. The highest BCUT2D eigenvalue weighted by Gasteiger charge is 2.46. The summed E-state index contributed by atoms with van der Waals surface area (Å²) < 4.78 is 3.92. The predicted octanol–water partition coefficient (Wildman–Crippen LogP) is 7.27. The number of carbonyl (C=O) groups is 2. The molecular formula is C44H41N7O3. The minimum absolute atomic E-state index is 0.0185. The van der Waals surface area contributed by atoms with Crippen LogP contribution in [0.2, 0.25) is 0 Å². The van der Waals surface area contributed by atoms with Gasteiger partial charge in [-0.15, -0.1) is 0 Å².